The third-order valence-electron chi connectivity index (χ3n) is 13.7. The second kappa shape index (κ2) is 65.3. The van der Waals surface area contributed by atoms with E-state index in [9.17, 15) is 14.4 Å². The van der Waals surface area contributed by atoms with Gasteiger partial charge in [-0.25, -0.2) is 0 Å². The molecule has 0 heterocycles. The van der Waals surface area contributed by atoms with E-state index in [1.54, 1.807) is 0 Å². The lowest BCUT2D eigenvalue weighted by molar-refractivity contribution is -0.167. The molecule has 0 radical (unpaired) electrons. The molecule has 6 nitrogen and oxygen atoms in total. The molecule has 0 aliphatic rings. The SMILES string of the molecule is CC/C=C\C/C=C\C/C=C\C/C=C\C/C=C\C/C=C\C/C=C\CCCCCCCCCC(=O)OCC(COC(=O)CCCCCCCCCCCC)OC(=O)CCCCCCCC/C=C\C/C=C\C/C=C\CCCCCCC. The minimum atomic E-state index is -0.792. The van der Waals surface area contributed by atoms with Gasteiger partial charge < -0.3 is 14.2 Å². The van der Waals surface area contributed by atoms with Gasteiger partial charge >= 0.3 is 17.9 Å². The first-order valence-corrected chi connectivity index (χ1v) is 32.5. The third-order valence-corrected chi connectivity index (χ3v) is 13.7. The lowest BCUT2D eigenvalue weighted by Gasteiger charge is -2.18. The Kier molecular flexibility index (Phi) is 61.8. The maximum Gasteiger partial charge on any atom is 0.306 e. The van der Waals surface area contributed by atoms with Gasteiger partial charge in [0, 0.05) is 19.3 Å². The summed E-state index contributed by atoms with van der Waals surface area (Å²) < 4.78 is 16.9. The number of esters is 3. The Hall–Kier alpha value is -4.19. The molecule has 444 valence electrons. The zero-order valence-electron chi connectivity index (χ0n) is 50.9. The predicted molar refractivity (Wildman–Crippen MR) is 339 cm³/mol. The summed E-state index contributed by atoms with van der Waals surface area (Å²) in [6, 6.07) is 0. The molecule has 0 amide bonds. The number of rotatable bonds is 58. The van der Waals surface area contributed by atoms with Gasteiger partial charge in [0.2, 0.25) is 0 Å². The normalized spacial score (nSPS) is 12.9. The van der Waals surface area contributed by atoms with E-state index in [2.05, 4.69) is 142 Å². The molecule has 0 rings (SSSR count). The molecule has 0 aromatic carbocycles. The highest BCUT2D eigenvalue weighted by Crippen LogP contribution is 2.15. The first kappa shape index (κ1) is 73.8. The van der Waals surface area contributed by atoms with Crippen LogP contribution in [0.4, 0.5) is 0 Å². The quantitative estimate of drug-likeness (QED) is 0.0261. The van der Waals surface area contributed by atoms with Crippen LogP contribution in [-0.2, 0) is 28.6 Å². The van der Waals surface area contributed by atoms with Crippen LogP contribution in [0.25, 0.3) is 0 Å². The van der Waals surface area contributed by atoms with Gasteiger partial charge in [0.15, 0.2) is 6.10 Å². The number of carbonyl (C=O) groups is 3. The van der Waals surface area contributed by atoms with Gasteiger partial charge in [-0.1, -0.05) is 284 Å². The largest absolute Gasteiger partial charge is 0.462 e. The van der Waals surface area contributed by atoms with Crippen molar-refractivity contribution >= 4 is 17.9 Å². The number of hydrogen-bond donors (Lipinski definition) is 0. The summed E-state index contributed by atoms with van der Waals surface area (Å²) in [5, 5.41) is 0. The zero-order chi connectivity index (χ0) is 56.4. The van der Waals surface area contributed by atoms with E-state index in [4.69, 9.17) is 14.2 Å². The molecular weight excluding hydrogens is 961 g/mol. The molecule has 6 heteroatoms. The zero-order valence-corrected chi connectivity index (χ0v) is 50.9. The van der Waals surface area contributed by atoms with Crippen LogP contribution in [-0.4, -0.2) is 37.2 Å². The van der Waals surface area contributed by atoms with Gasteiger partial charge in [-0.3, -0.25) is 14.4 Å². The standard InChI is InChI=1S/C72H120O6/c1-4-7-10-13-16-19-22-24-26-28-30-32-33-34-35-36-37-38-39-41-42-44-46-48-50-53-56-59-62-65-71(74)77-68-69(67-76-70(73)64-61-58-55-52-21-18-15-12-9-6-3)78-72(75)66-63-60-57-54-51-49-47-45-43-40-31-29-27-25-23-20-17-14-11-8-5-2/h7,10,16,19,23-26,29-32,34-35,37-38,41-43,45,69H,4-6,8-9,11-15,17-18,20-22,27-28,33,36,39-40,44,46-68H2,1-3H3/b10-7-,19-16-,25-23-,26-24-,31-29-,32-30-,35-34-,38-37-,42-41-,45-43-. The average molecular weight is 1080 g/mol. The molecule has 0 aliphatic carbocycles. The van der Waals surface area contributed by atoms with Crippen LogP contribution in [0.2, 0.25) is 0 Å². The molecule has 0 spiro atoms. The lowest BCUT2D eigenvalue weighted by Crippen LogP contribution is -2.30. The van der Waals surface area contributed by atoms with Crippen molar-refractivity contribution in [3.05, 3.63) is 122 Å². The lowest BCUT2D eigenvalue weighted by atomic mass is 10.1. The minimum absolute atomic E-state index is 0.0870. The van der Waals surface area contributed by atoms with Crippen LogP contribution in [0.1, 0.15) is 297 Å². The molecule has 0 bridgehead atoms. The highest BCUT2D eigenvalue weighted by Gasteiger charge is 2.19. The average Bonchev–Trinajstić information content (AvgIpc) is 3.44. The summed E-state index contributed by atoms with van der Waals surface area (Å²) >= 11 is 0. The van der Waals surface area contributed by atoms with E-state index in [0.717, 1.165) is 135 Å². The molecule has 0 saturated carbocycles. The van der Waals surface area contributed by atoms with Gasteiger partial charge in [0.25, 0.3) is 0 Å². The van der Waals surface area contributed by atoms with Crippen LogP contribution >= 0.6 is 0 Å². The molecule has 0 saturated heterocycles. The number of carbonyl (C=O) groups excluding carboxylic acids is 3. The Morgan fingerprint density at radius 2 is 0.500 bits per heavy atom. The van der Waals surface area contributed by atoms with Gasteiger partial charge in [-0.2, -0.15) is 0 Å². The Morgan fingerprint density at radius 3 is 0.782 bits per heavy atom. The van der Waals surface area contributed by atoms with Crippen LogP contribution in [0.5, 0.6) is 0 Å². The Labute approximate surface area is 482 Å². The highest BCUT2D eigenvalue weighted by molar-refractivity contribution is 5.71. The monoisotopic (exact) mass is 1080 g/mol. The van der Waals surface area contributed by atoms with Crippen LogP contribution < -0.4 is 0 Å². The first-order chi connectivity index (χ1) is 38.5. The molecule has 0 aliphatic heterocycles. The van der Waals surface area contributed by atoms with Crippen molar-refractivity contribution in [3.8, 4) is 0 Å². The Balaban J connectivity index is 4.31. The maximum atomic E-state index is 12.9. The van der Waals surface area contributed by atoms with Crippen LogP contribution in [0.15, 0.2) is 122 Å². The first-order valence-electron chi connectivity index (χ1n) is 32.5. The molecule has 0 N–H and O–H groups in total. The summed E-state index contributed by atoms with van der Waals surface area (Å²) in [6.45, 7) is 6.49. The fraction of sp³-hybridized carbons (Fsp3) is 0.681. The van der Waals surface area contributed by atoms with Gasteiger partial charge in [-0.15, -0.1) is 0 Å². The highest BCUT2D eigenvalue weighted by atomic mass is 16.6. The molecule has 0 aromatic rings. The van der Waals surface area contributed by atoms with E-state index >= 15 is 0 Å². The Bertz CT molecular complexity index is 1620. The van der Waals surface area contributed by atoms with Gasteiger partial charge in [0.05, 0.1) is 0 Å². The fourth-order valence-corrected chi connectivity index (χ4v) is 8.84. The van der Waals surface area contributed by atoms with Gasteiger partial charge in [-0.05, 0) is 116 Å². The van der Waals surface area contributed by atoms with Crippen molar-refractivity contribution in [1.82, 2.24) is 0 Å². The summed E-state index contributed by atoms with van der Waals surface area (Å²) in [5.74, 6) is -0.908. The summed E-state index contributed by atoms with van der Waals surface area (Å²) in [7, 11) is 0. The fourth-order valence-electron chi connectivity index (χ4n) is 8.84. The predicted octanol–water partition coefficient (Wildman–Crippen LogP) is 22.4. The number of unbranched alkanes of at least 4 members (excludes halogenated alkanes) is 27. The van der Waals surface area contributed by atoms with Crippen LogP contribution in [0, 0.1) is 0 Å². The van der Waals surface area contributed by atoms with Crippen molar-refractivity contribution in [2.75, 3.05) is 13.2 Å². The van der Waals surface area contributed by atoms with Gasteiger partial charge in [0.1, 0.15) is 13.2 Å². The molecule has 0 fully saturated rings. The summed E-state index contributed by atoms with van der Waals surface area (Å²) in [6.07, 6.45) is 90.6. The molecule has 0 aromatic heterocycles. The molecule has 1 atom stereocenters. The number of ether oxygens (including phenoxy) is 3. The minimum Gasteiger partial charge on any atom is -0.462 e. The van der Waals surface area contributed by atoms with E-state index in [0.29, 0.717) is 19.3 Å². The van der Waals surface area contributed by atoms with Crippen molar-refractivity contribution < 1.29 is 28.6 Å². The summed E-state index contributed by atoms with van der Waals surface area (Å²) in [5.41, 5.74) is 0. The van der Waals surface area contributed by atoms with Crippen molar-refractivity contribution in [2.24, 2.45) is 0 Å². The third kappa shape index (κ3) is 62.7. The van der Waals surface area contributed by atoms with E-state index in [1.807, 2.05) is 0 Å². The second-order valence-electron chi connectivity index (χ2n) is 21.3. The second-order valence-corrected chi connectivity index (χ2v) is 21.3. The number of hydrogen-bond acceptors (Lipinski definition) is 6. The van der Waals surface area contributed by atoms with E-state index in [-0.39, 0.29) is 31.1 Å². The molecular formula is C72H120O6. The topological polar surface area (TPSA) is 78.9 Å². The van der Waals surface area contributed by atoms with Crippen molar-refractivity contribution in [2.45, 2.75) is 303 Å². The van der Waals surface area contributed by atoms with Crippen molar-refractivity contribution in [1.29, 1.82) is 0 Å². The van der Waals surface area contributed by atoms with Crippen molar-refractivity contribution in [3.63, 3.8) is 0 Å². The summed E-state index contributed by atoms with van der Waals surface area (Å²) in [4.78, 5) is 38.2. The van der Waals surface area contributed by atoms with E-state index in [1.165, 1.54) is 122 Å². The van der Waals surface area contributed by atoms with Crippen LogP contribution in [0.3, 0.4) is 0 Å². The maximum absolute atomic E-state index is 12.9. The molecule has 78 heavy (non-hydrogen) atoms. The van der Waals surface area contributed by atoms with E-state index < -0.39 is 6.10 Å². The molecule has 1 unspecified atom stereocenters. The number of allylic oxidation sites excluding steroid dienone is 20. The Morgan fingerprint density at radius 1 is 0.269 bits per heavy atom. The smallest absolute Gasteiger partial charge is 0.306 e.